The van der Waals surface area contributed by atoms with E-state index in [0.717, 1.165) is 0 Å². The van der Waals surface area contributed by atoms with E-state index >= 15 is 0 Å². The van der Waals surface area contributed by atoms with E-state index in [-0.39, 0.29) is 17.3 Å². The number of hydrogen-bond acceptors (Lipinski definition) is 4. The molecule has 27 heavy (non-hydrogen) atoms. The summed E-state index contributed by atoms with van der Waals surface area (Å²) in [6.45, 7) is 4.41. The minimum Gasteiger partial charge on any atom is -0.492 e. The third kappa shape index (κ3) is 5.69. The van der Waals surface area contributed by atoms with Crippen LogP contribution in [-0.4, -0.2) is 46.0 Å². The topological polar surface area (TPSA) is 75.7 Å². The molecule has 0 heterocycles. The van der Waals surface area contributed by atoms with Crippen molar-refractivity contribution in [2.75, 3.05) is 26.7 Å². The van der Waals surface area contributed by atoms with Crippen molar-refractivity contribution in [3.8, 4) is 5.75 Å². The van der Waals surface area contributed by atoms with E-state index in [0.29, 0.717) is 35.1 Å². The first-order valence-electron chi connectivity index (χ1n) is 8.48. The van der Waals surface area contributed by atoms with Gasteiger partial charge in [-0.3, -0.25) is 4.79 Å². The average Bonchev–Trinajstić information content (AvgIpc) is 2.63. The molecule has 0 fully saturated rings. The Kier molecular flexibility index (Phi) is 7.24. The van der Waals surface area contributed by atoms with Crippen molar-refractivity contribution in [3.63, 3.8) is 0 Å². The van der Waals surface area contributed by atoms with Gasteiger partial charge in [-0.05, 0) is 48.9 Å². The Bertz CT molecular complexity index is 898. The summed E-state index contributed by atoms with van der Waals surface area (Å²) in [6, 6.07) is 11.5. The Labute approximate surface area is 165 Å². The lowest BCUT2D eigenvalue weighted by atomic mass is 10.1. The summed E-state index contributed by atoms with van der Waals surface area (Å²) in [6.07, 6.45) is 0. The van der Waals surface area contributed by atoms with Gasteiger partial charge in [0.2, 0.25) is 10.0 Å². The molecule has 1 N–H and O–H groups in total. The molecular formula is C19H23ClN2O4S. The van der Waals surface area contributed by atoms with Gasteiger partial charge in [-0.2, -0.15) is 0 Å². The van der Waals surface area contributed by atoms with Gasteiger partial charge in [0.15, 0.2) is 0 Å². The zero-order chi connectivity index (χ0) is 20.0. The van der Waals surface area contributed by atoms with Crippen LogP contribution in [0.5, 0.6) is 5.75 Å². The van der Waals surface area contributed by atoms with Crippen molar-refractivity contribution in [3.05, 3.63) is 58.6 Å². The molecule has 2 aromatic carbocycles. The lowest BCUT2D eigenvalue weighted by Crippen LogP contribution is -2.31. The van der Waals surface area contributed by atoms with Crippen molar-refractivity contribution in [1.82, 2.24) is 9.62 Å². The maximum atomic E-state index is 12.7. The SMILES string of the molecule is CCNS(=O)(=O)c1ccc(C)c(C(=O)N(C)CCOc2ccc(Cl)cc2)c1. The van der Waals surface area contributed by atoms with Crippen LogP contribution in [0.2, 0.25) is 5.02 Å². The number of halogens is 1. The first-order chi connectivity index (χ1) is 12.7. The van der Waals surface area contributed by atoms with Crippen LogP contribution in [0.1, 0.15) is 22.8 Å². The van der Waals surface area contributed by atoms with Gasteiger partial charge in [-0.1, -0.05) is 24.6 Å². The van der Waals surface area contributed by atoms with E-state index in [1.165, 1.54) is 17.0 Å². The second kappa shape index (κ2) is 9.21. The molecule has 0 aliphatic rings. The van der Waals surface area contributed by atoms with E-state index in [1.54, 1.807) is 51.2 Å². The minimum absolute atomic E-state index is 0.0733. The molecule has 2 aromatic rings. The van der Waals surface area contributed by atoms with Gasteiger partial charge in [0.05, 0.1) is 11.4 Å². The van der Waals surface area contributed by atoms with Gasteiger partial charge in [-0.25, -0.2) is 13.1 Å². The van der Waals surface area contributed by atoms with E-state index in [1.807, 2.05) is 0 Å². The number of sulfonamides is 1. The highest BCUT2D eigenvalue weighted by Crippen LogP contribution is 2.18. The highest BCUT2D eigenvalue weighted by atomic mass is 35.5. The van der Waals surface area contributed by atoms with E-state index in [4.69, 9.17) is 16.3 Å². The van der Waals surface area contributed by atoms with Crippen molar-refractivity contribution >= 4 is 27.5 Å². The van der Waals surface area contributed by atoms with Crippen LogP contribution in [0.4, 0.5) is 0 Å². The summed E-state index contributed by atoms with van der Waals surface area (Å²) in [5, 5.41) is 0.623. The molecule has 0 unspecified atom stereocenters. The van der Waals surface area contributed by atoms with Gasteiger partial charge < -0.3 is 9.64 Å². The van der Waals surface area contributed by atoms with Crippen LogP contribution in [-0.2, 0) is 10.0 Å². The number of hydrogen-bond donors (Lipinski definition) is 1. The van der Waals surface area contributed by atoms with E-state index < -0.39 is 10.0 Å². The van der Waals surface area contributed by atoms with Crippen molar-refractivity contribution in [2.24, 2.45) is 0 Å². The lowest BCUT2D eigenvalue weighted by Gasteiger charge is -2.19. The first kappa shape index (κ1) is 21.2. The molecule has 8 heteroatoms. The summed E-state index contributed by atoms with van der Waals surface area (Å²) in [7, 11) is -1.97. The van der Waals surface area contributed by atoms with Crippen LogP contribution in [0, 0.1) is 6.92 Å². The molecule has 0 aliphatic carbocycles. The predicted molar refractivity (Wildman–Crippen MR) is 106 cm³/mol. The smallest absolute Gasteiger partial charge is 0.254 e. The fourth-order valence-corrected chi connectivity index (χ4v) is 3.60. The maximum Gasteiger partial charge on any atom is 0.254 e. The molecule has 0 saturated carbocycles. The summed E-state index contributed by atoms with van der Waals surface area (Å²) in [5.74, 6) is 0.399. The molecule has 0 spiro atoms. The van der Waals surface area contributed by atoms with Gasteiger partial charge in [0.25, 0.3) is 5.91 Å². The zero-order valence-corrected chi connectivity index (χ0v) is 17.1. The predicted octanol–water partition coefficient (Wildman–Crippen LogP) is 3.10. The fraction of sp³-hybridized carbons (Fsp3) is 0.316. The van der Waals surface area contributed by atoms with Crippen molar-refractivity contribution in [2.45, 2.75) is 18.7 Å². The standard InChI is InChI=1S/C19H23ClN2O4S/c1-4-21-27(24,25)17-10-5-14(2)18(13-17)19(23)22(3)11-12-26-16-8-6-15(20)7-9-16/h5-10,13,21H,4,11-12H2,1-3H3. The van der Waals surface area contributed by atoms with Crippen LogP contribution < -0.4 is 9.46 Å². The summed E-state index contributed by atoms with van der Waals surface area (Å²) < 4.78 is 32.4. The first-order valence-corrected chi connectivity index (χ1v) is 10.3. The minimum atomic E-state index is -3.62. The van der Waals surface area contributed by atoms with Gasteiger partial charge >= 0.3 is 0 Å². The number of ether oxygens (including phenoxy) is 1. The number of likely N-dealkylation sites (N-methyl/N-ethyl adjacent to an activating group) is 1. The maximum absolute atomic E-state index is 12.7. The molecule has 0 bridgehead atoms. The second-order valence-corrected chi connectivity index (χ2v) is 8.21. The lowest BCUT2D eigenvalue weighted by molar-refractivity contribution is 0.0773. The number of benzene rings is 2. The number of amides is 1. The van der Waals surface area contributed by atoms with Crippen LogP contribution in [0.3, 0.4) is 0 Å². The second-order valence-electron chi connectivity index (χ2n) is 6.01. The third-order valence-electron chi connectivity index (χ3n) is 3.94. The normalized spacial score (nSPS) is 11.3. The van der Waals surface area contributed by atoms with Gasteiger partial charge in [0, 0.05) is 24.2 Å². The molecule has 1 amide bonds. The molecule has 2 rings (SSSR count). The Morgan fingerprint density at radius 1 is 1.19 bits per heavy atom. The Hall–Kier alpha value is -2.09. The largest absolute Gasteiger partial charge is 0.492 e. The highest BCUT2D eigenvalue weighted by Gasteiger charge is 2.19. The molecular weight excluding hydrogens is 388 g/mol. The van der Waals surface area contributed by atoms with E-state index in [2.05, 4.69) is 4.72 Å². The molecule has 146 valence electrons. The van der Waals surface area contributed by atoms with Gasteiger partial charge in [0.1, 0.15) is 12.4 Å². The quantitative estimate of drug-likeness (QED) is 0.725. The van der Waals surface area contributed by atoms with Gasteiger partial charge in [-0.15, -0.1) is 0 Å². The Morgan fingerprint density at radius 3 is 2.48 bits per heavy atom. The van der Waals surface area contributed by atoms with Crippen LogP contribution in [0.15, 0.2) is 47.4 Å². The molecule has 0 aromatic heterocycles. The van der Waals surface area contributed by atoms with Crippen LogP contribution >= 0.6 is 11.6 Å². The Balaban J connectivity index is 2.06. The zero-order valence-electron chi connectivity index (χ0n) is 15.5. The number of aryl methyl sites for hydroxylation is 1. The van der Waals surface area contributed by atoms with Crippen molar-refractivity contribution in [1.29, 1.82) is 0 Å². The van der Waals surface area contributed by atoms with E-state index in [9.17, 15) is 13.2 Å². The third-order valence-corrected chi connectivity index (χ3v) is 5.74. The highest BCUT2D eigenvalue weighted by molar-refractivity contribution is 7.89. The molecule has 6 nitrogen and oxygen atoms in total. The number of carbonyl (C=O) groups excluding carboxylic acids is 1. The number of carbonyl (C=O) groups is 1. The monoisotopic (exact) mass is 410 g/mol. The molecule has 0 atom stereocenters. The van der Waals surface area contributed by atoms with Crippen LogP contribution in [0.25, 0.3) is 0 Å². The summed E-state index contributed by atoms with van der Waals surface area (Å²) in [5.41, 5.74) is 1.06. The number of nitrogens with one attached hydrogen (secondary N) is 1. The molecule has 0 radical (unpaired) electrons. The summed E-state index contributed by atoms with van der Waals surface area (Å²) >= 11 is 5.83. The van der Waals surface area contributed by atoms with Crippen molar-refractivity contribution < 1.29 is 17.9 Å². The fourth-order valence-electron chi connectivity index (χ4n) is 2.41. The number of rotatable bonds is 8. The average molecular weight is 411 g/mol. The molecule has 0 saturated heterocycles. The molecule has 0 aliphatic heterocycles. The summed E-state index contributed by atoms with van der Waals surface area (Å²) in [4.78, 5) is 14.3. The number of nitrogens with zero attached hydrogens (tertiary/aromatic N) is 1. The Morgan fingerprint density at radius 2 is 1.85 bits per heavy atom.